The Morgan fingerprint density at radius 1 is 1.16 bits per heavy atom. The van der Waals surface area contributed by atoms with Crippen molar-refractivity contribution in [2.24, 2.45) is 0 Å². The highest BCUT2D eigenvalue weighted by molar-refractivity contribution is 7.65. The van der Waals surface area contributed by atoms with E-state index in [0.717, 1.165) is 28.1 Å². The van der Waals surface area contributed by atoms with Crippen molar-refractivity contribution in [1.82, 2.24) is 15.0 Å². The molecule has 128 valence electrons. The Balaban J connectivity index is 1.81. The first-order valence-electron chi connectivity index (χ1n) is 8.09. The highest BCUT2D eigenvalue weighted by Crippen LogP contribution is 2.40. The predicted molar refractivity (Wildman–Crippen MR) is 102 cm³/mol. The van der Waals surface area contributed by atoms with E-state index in [4.69, 9.17) is 16.6 Å². The third-order valence-corrected chi connectivity index (χ3v) is 5.83. The van der Waals surface area contributed by atoms with Crippen LogP contribution in [-0.2, 0) is 0 Å². The molecule has 7 heteroatoms. The summed E-state index contributed by atoms with van der Waals surface area (Å²) in [5.41, 5.74) is 2.99. The molecule has 3 aromatic rings. The molecule has 0 radical (unpaired) electrons. The minimum atomic E-state index is -0.533. The molecule has 0 bridgehead atoms. The maximum atomic E-state index is 14.0. The van der Waals surface area contributed by atoms with Crippen LogP contribution in [0.15, 0.2) is 30.5 Å². The van der Waals surface area contributed by atoms with Crippen LogP contribution >= 0.6 is 19.5 Å². The van der Waals surface area contributed by atoms with Crippen LogP contribution in [0.4, 0.5) is 15.9 Å². The van der Waals surface area contributed by atoms with E-state index in [1.807, 2.05) is 12.1 Å². The Labute approximate surface area is 151 Å². The third-order valence-electron chi connectivity index (χ3n) is 4.27. The smallest absolute Gasteiger partial charge is 0.224 e. The lowest BCUT2D eigenvalue weighted by atomic mass is 10.1. The molecule has 0 saturated heterocycles. The van der Waals surface area contributed by atoms with E-state index in [9.17, 15) is 4.39 Å². The quantitative estimate of drug-likeness (QED) is 0.526. The van der Waals surface area contributed by atoms with Crippen LogP contribution in [0.1, 0.15) is 24.5 Å². The van der Waals surface area contributed by atoms with Gasteiger partial charge in [-0.05, 0) is 56.0 Å². The average molecular weight is 375 g/mol. The number of aromatic nitrogens is 3. The van der Waals surface area contributed by atoms with Gasteiger partial charge in [0.2, 0.25) is 5.28 Å². The van der Waals surface area contributed by atoms with Crippen LogP contribution in [0, 0.1) is 5.82 Å². The zero-order valence-corrected chi connectivity index (χ0v) is 15.6. The monoisotopic (exact) mass is 374 g/mol. The second kappa shape index (κ2) is 6.47. The maximum absolute atomic E-state index is 14.0. The standard InChI is InChI=1S/C18H17ClFN4P/c1-25(2)16-11-5-6-13(10-3-4-10)22-14(11)7-8-15(16)23-17-12(20)9-21-18(19)24-17/h5-10H,3-4H2,1-2H3,(H,21,23,24). The lowest BCUT2D eigenvalue weighted by Crippen LogP contribution is -2.11. The number of benzene rings is 1. The van der Waals surface area contributed by atoms with Crippen LogP contribution < -0.4 is 10.6 Å². The SMILES string of the molecule is CP(C)c1c(Nc2nc(Cl)ncc2F)ccc2nc(C3CC3)ccc12. The second-order valence-electron chi connectivity index (χ2n) is 6.39. The van der Waals surface area contributed by atoms with Crippen molar-refractivity contribution >= 4 is 47.2 Å². The van der Waals surface area contributed by atoms with Crippen LogP contribution in [-0.4, -0.2) is 28.3 Å². The van der Waals surface area contributed by atoms with Gasteiger partial charge in [-0.2, -0.15) is 4.98 Å². The summed E-state index contributed by atoms with van der Waals surface area (Å²) in [6.45, 7) is 4.35. The molecule has 1 aliphatic carbocycles. The Morgan fingerprint density at radius 3 is 2.68 bits per heavy atom. The Bertz CT molecular complexity index is 959. The summed E-state index contributed by atoms with van der Waals surface area (Å²) in [5.74, 6) is 0.168. The van der Waals surface area contributed by atoms with Gasteiger partial charge in [-0.3, -0.25) is 4.98 Å². The van der Waals surface area contributed by atoms with E-state index < -0.39 is 13.7 Å². The zero-order chi connectivity index (χ0) is 17.6. The molecule has 2 heterocycles. The van der Waals surface area contributed by atoms with Gasteiger partial charge in [0.1, 0.15) is 0 Å². The van der Waals surface area contributed by atoms with Crippen molar-refractivity contribution in [1.29, 1.82) is 0 Å². The van der Waals surface area contributed by atoms with Gasteiger partial charge in [-0.15, -0.1) is 0 Å². The van der Waals surface area contributed by atoms with Crippen molar-refractivity contribution in [3.8, 4) is 0 Å². The molecule has 1 aromatic carbocycles. The summed E-state index contributed by atoms with van der Waals surface area (Å²) in [6, 6.07) is 8.18. The molecule has 1 aliphatic rings. The molecule has 0 atom stereocenters. The van der Waals surface area contributed by atoms with Gasteiger partial charge in [-0.25, -0.2) is 9.37 Å². The number of nitrogens with one attached hydrogen (secondary N) is 1. The van der Waals surface area contributed by atoms with Gasteiger partial charge in [0, 0.05) is 28.0 Å². The van der Waals surface area contributed by atoms with Gasteiger partial charge >= 0.3 is 0 Å². The Kier molecular flexibility index (Phi) is 4.30. The lowest BCUT2D eigenvalue weighted by molar-refractivity contribution is 0.619. The van der Waals surface area contributed by atoms with E-state index in [1.165, 1.54) is 18.5 Å². The molecular formula is C18H17ClFN4P. The highest BCUT2D eigenvalue weighted by Gasteiger charge is 2.25. The van der Waals surface area contributed by atoms with Crippen molar-refractivity contribution in [2.75, 3.05) is 18.6 Å². The summed E-state index contributed by atoms with van der Waals surface area (Å²) in [5, 5.41) is 5.35. The molecule has 0 unspecified atom stereocenters. The molecule has 1 saturated carbocycles. The fraction of sp³-hybridized carbons (Fsp3) is 0.278. The van der Waals surface area contributed by atoms with Crippen LogP contribution in [0.5, 0.6) is 0 Å². The molecule has 25 heavy (non-hydrogen) atoms. The molecule has 4 rings (SSSR count). The molecule has 4 nitrogen and oxygen atoms in total. The van der Waals surface area contributed by atoms with Crippen LogP contribution in [0.25, 0.3) is 10.9 Å². The average Bonchev–Trinajstić information content (AvgIpc) is 3.42. The van der Waals surface area contributed by atoms with Gasteiger partial charge in [0.15, 0.2) is 11.6 Å². The summed E-state index contributed by atoms with van der Waals surface area (Å²) < 4.78 is 14.0. The largest absolute Gasteiger partial charge is 0.337 e. The van der Waals surface area contributed by atoms with E-state index in [1.54, 1.807) is 0 Å². The first-order chi connectivity index (χ1) is 12.0. The summed E-state index contributed by atoms with van der Waals surface area (Å²) in [7, 11) is -0.440. The van der Waals surface area contributed by atoms with E-state index in [0.29, 0.717) is 5.92 Å². The van der Waals surface area contributed by atoms with E-state index in [2.05, 4.69) is 40.7 Å². The Hall–Kier alpha value is -1.84. The molecule has 2 aromatic heterocycles. The van der Waals surface area contributed by atoms with Crippen molar-refractivity contribution in [3.63, 3.8) is 0 Å². The normalized spacial score (nSPS) is 14.3. The fourth-order valence-electron chi connectivity index (χ4n) is 2.95. The number of fused-ring (bicyclic) bond motifs is 1. The van der Waals surface area contributed by atoms with Crippen molar-refractivity contribution in [3.05, 3.63) is 47.3 Å². The number of halogens is 2. The summed E-state index contributed by atoms with van der Waals surface area (Å²) >= 11 is 5.80. The molecule has 0 aliphatic heterocycles. The number of hydrogen-bond acceptors (Lipinski definition) is 4. The van der Waals surface area contributed by atoms with Crippen molar-refractivity contribution in [2.45, 2.75) is 18.8 Å². The summed E-state index contributed by atoms with van der Waals surface area (Å²) in [4.78, 5) is 12.4. The van der Waals surface area contributed by atoms with Gasteiger partial charge in [0.25, 0.3) is 0 Å². The minimum Gasteiger partial charge on any atom is -0.337 e. The maximum Gasteiger partial charge on any atom is 0.224 e. The third kappa shape index (κ3) is 3.31. The number of rotatable bonds is 4. The first kappa shape index (κ1) is 16.6. The number of hydrogen-bond donors (Lipinski definition) is 1. The first-order valence-corrected chi connectivity index (χ1v) is 10.7. The van der Waals surface area contributed by atoms with Crippen LogP contribution in [0.3, 0.4) is 0 Å². The molecule has 1 N–H and O–H groups in total. The van der Waals surface area contributed by atoms with Gasteiger partial charge in [0.05, 0.1) is 11.7 Å². The molecule has 0 spiro atoms. The number of anilines is 2. The fourth-order valence-corrected chi connectivity index (χ4v) is 4.37. The predicted octanol–water partition coefficient (Wildman–Crippen LogP) is 4.81. The Morgan fingerprint density at radius 2 is 1.96 bits per heavy atom. The van der Waals surface area contributed by atoms with E-state index >= 15 is 0 Å². The lowest BCUT2D eigenvalue weighted by Gasteiger charge is -2.18. The molecular weight excluding hydrogens is 358 g/mol. The molecule has 0 amide bonds. The number of pyridine rings is 1. The van der Waals surface area contributed by atoms with Crippen molar-refractivity contribution < 1.29 is 4.39 Å². The zero-order valence-electron chi connectivity index (χ0n) is 13.9. The summed E-state index contributed by atoms with van der Waals surface area (Å²) in [6.07, 6.45) is 3.53. The molecule has 1 fully saturated rings. The van der Waals surface area contributed by atoms with Crippen LogP contribution in [0.2, 0.25) is 5.28 Å². The topological polar surface area (TPSA) is 50.7 Å². The number of nitrogens with zero attached hydrogens (tertiary/aromatic N) is 3. The van der Waals surface area contributed by atoms with Gasteiger partial charge < -0.3 is 5.32 Å². The second-order valence-corrected chi connectivity index (χ2v) is 8.97. The van der Waals surface area contributed by atoms with E-state index in [-0.39, 0.29) is 11.1 Å². The highest BCUT2D eigenvalue weighted by atomic mass is 35.5. The van der Waals surface area contributed by atoms with Gasteiger partial charge in [-0.1, -0.05) is 14.0 Å². The minimum absolute atomic E-state index is 0.0113.